The molecule has 1 N–H and O–H groups in total. The smallest absolute Gasteiger partial charge is 0.250 e. The van der Waals surface area contributed by atoms with Crippen LogP contribution in [0.2, 0.25) is 0 Å². The molecule has 4 aliphatic heterocycles. The SMILES string of the molecule is O=C1[C@H]2[C@H]3CCCN3[C@]3(C(=O)Nc4ccccc43)[C@H]2C(=O)N1CCc1ccccc1. The number of fused-ring (bicyclic) bond motifs is 7. The van der Waals surface area contributed by atoms with Crippen molar-refractivity contribution in [3.63, 3.8) is 0 Å². The van der Waals surface area contributed by atoms with Crippen molar-refractivity contribution in [1.29, 1.82) is 0 Å². The fourth-order valence-corrected chi connectivity index (χ4v) is 6.32. The standard InChI is InChI=1S/C24H23N3O3/c28-21-19-18-11-6-13-27(18)24(16-9-4-5-10-17(16)25-23(24)30)20(19)22(29)26(21)14-12-15-7-2-1-3-8-15/h1-5,7-10,18-20H,6,11-14H2,(H,25,30)/t18-,19+,20-,24+/m1/s1. The largest absolute Gasteiger partial charge is 0.324 e. The van der Waals surface area contributed by atoms with Crippen molar-refractivity contribution >= 4 is 23.4 Å². The number of rotatable bonds is 3. The van der Waals surface area contributed by atoms with Gasteiger partial charge < -0.3 is 5.32 Å². The van der Waals surface area contributed by atoms with E-state index in [1.807, 2.05) is 54.6 Å². The van der Waals surface area contributed by atoms with Crippen molar-refractivity contribution in [1.82, 2.24) is 9.80 Å². The van der Waals surface area contributed by atoms with Crippen LogP contribution in [0.4, 0.5) is 5.69 Å². The van der Waals surface area contributed by atoms with E-state index in [-0.39, 0.29) is 23.8 Å². The van der Waals surface area contributed by atoms with Gasteiger partial charge in [-0.2, -0.15) is 0 Å². The Kier molecular flexibility index (Phi) is 3.72. The molecule has 0 saturated carbocycles. The number of para-hydroxylation sites is 1. The molecule has 0 bridgehead atoms. The molecule has 3 amide bonds. The van der Waals surface area contributed by atoms with Crippen LogP contribution in [0.3, 0.4) is 0 Å². The minimum Gasteiger partial charge on any atom is -0.324 e. The summed E-state index contributed by atoms with van der Waals surface area (Å²) in [4.78, 5) is 44.2. The molecule has 3 fully saturated rings. The van der Waals surface area contributed by atoms with Crippen molar-refractivity contribution in [3.05, 3.63) is 65.7 Å². The Balaban J connectivity index is 1.42. The number of amides is 3. The Bertz CT molecular complexity index is 1070. The van der Waals surface area contributed by atoms with Crippen molar-refractivity contribution in [3.8, 4) is 0 Å². The van der Waals surface area contributed by atoms with E-state index < -0.39 is 17.4 Å². The van der Waals surface area contributed by atoms with Crippen LogP contribution in [0.1, 0.15) is 24.0 Å². The van der Waals surface area contributed by atoms with Gasteiger partial charge in [0.15, 0.2) is 0 Å². The Hall–Kier alpha value is -2.99. The lowest BCUT2D eigenvalue weighted by Crippen LogP contribution is -2.54. The van der Waals surface area contributed by atoms with E-state index in [0.717, 1.165) is 36.2 Å². The van der Waals surface area contributed by atoms with Crippen LogP contribution < -0.4 is 5.32 Å². The third-order valence-electron chi connectivity index (χ3n) is 7.46. The first-order chi connectivity index (χ1) is 14.6. The molecule has 0 unspecified atom stereocenters. The molecule has 152 valence electrons. The lowest BCUT2D eigenvalue weighted by molar-refractivity contribution is -0.145. The minimum atomic E-state index is -1.06. The van der Waals surface area contributed by atoms with Crippen LogP contribution in [-0.4, -0.2) is 46.7 Å². The molecule has 30 heavy (non-hydrogen) atoms. The van der Waals surface area contributed by atoms with Gasteiger partial charge in [0, 0.05) is 23.8 Å². The molecule has 1 spiro atoms. The molecule has 3 saturated heterocycles. The number of anilines is 1. The van der Waals surface area contributed by atoms with E-state index in [0.29, 0.717) is 13.0 Å². The molecule has 0 aromatic heterocycles. The van der Waals surface area contributed by atoms with Gasteiger partial charge in [-0.3, -0.25) is 24.2 Å². The van der Waals surface area contributed by atoms with Crippen LogP contribution in [-0.2, 0) is 26.3 Å². The Labute approximate surface area is 174 Å². The number of hydrogen-bond donors (Lipinski definition) is 1. The highest BCUT2D eigenvalue weighted by Crippen LogP contribution is 2.60. The summed E-state index contributed by atoms with van der Waals surface area (Å²) in [5.74, 6) is -1.54. The Morgan fingerprint density at radius 3 is 2.57 bits per heavy atom. The maximum absolute atomic E-state index is 13.7. The van der Waals surface area contributed by atoms with Gasteiger partial charge in [-0.25, -0.2) is 0 Å². The maximum atomic E-state index is 13.7. The molecule has 0 radical (unpaired) electrons. The van der Waals surface area contributed by atoms with E-state index in [1.165, 1.54) is 4.90 Å². The summed E-state index contributed by atoms with van der Waals surface area (Å²) in [7, 11) is 0. The van der Waals surface area contributed by atoms with Crippen molar-refractivity contribution in [2.45, 2.75) is 30.8 Å². The van der Waals surface area contributed by atoms with Gasteiger partial charge in [-0.05, 0) is 37.4 Å². The molecular formula is C24H23N3O3. The predicted molar refractivity (Wildman–Crippen MR) is 110 cm³/mol. The number of nitrogens with one attached hydrogen (secondary N) is 1. The summed E-state index contributed by atoms with van der Waals surface area (Å²) in [6, 6.07) is 17.5. The maximum Gasteiger partial charge on any atom is 0.250 e. The van der Waals surface area contributed by atoms with Gasteiger partial charge in [0.05, 0.1) is 11.8 Å². The van der Waals surface area contributed by atoms with Gasteiger partial charge >= 0.3 is 0 Å². The second-order valence-corrected chi connectivity index (χ2v) is 8.74. The molecule has 4 aliphatic rings. The Morgan fingerprint density at radius 1 is 0.967 bits per heavy atom. The molecule has 2 aromatic rings. The first-order valence-corrected chi connectivity index (χ1v) is 10.7. The second-order valence-electron chi connectivity index (χ2n) is 8.74. The second kappa shape index (κ2) is 6.25. The van der Waals surface area contributed by atoms with Crippen LogP contribution in [0.25, 0.3) is 0 Å². The minimum absolute atomic E-state index is 0.0509. The van der Waals surface area contributed by atoms with E-state index in [2.05, 4.69) is 10.2 Å². The number of benzene rings is 2. The molecule has 0 aliphatic carbocycles. The molecule has 2 aromatic carbocycles. The number of carbonyl (C=O) groups excluding carboxylic acids is 3. The summed E-state index contributed by atoms with van der Waals surface area (Å²) >= 11 is 0. The van der Waals surface area contributed by atoms with Crippen LogP contribution in [0.5, 0.6) is 0 Å². The summed E-state index contributed by atoms with van der Waals surface area (Å²) < 4.78 is 0. The highest BCUT2D eigenvalue weighted by Gasteiger charge is 2.74. The number of imide groups is 1. The predicted octanol–water partition coefficient (Wildman–Crippen LogP) is 2.16. The fraction of sp³-hybridized carbons (Fsp3) is 0.375. The summed E-state index contributed by atoms with van der Waals surface area (Å²) in [5, 5.41) is 3.00. The summed E-state index contributed by atoms with van der Waals surface area (Å²) in [6.45, 7) is 1.10. The van der Waals surface area contributed by atoms with Gasteiger partial charge in [0.2, 0.25) is 17.7 Å². The van der Waals surface area contributed by atoms with E-state index in [4.69, 9.17) is 0 Å². The average Bonchev–Trinajstić information content (AvgIpc) is 3.46. The first kappa shape index (κ1) is 17.8. The summed E-state index contributed by atoms with van der Waals surface area (Å²) in [6.07, 6.45) is 2.42. The molecule has 4 heterocycles. The van der Waals surface area contributed by atoms with Crippen LogP contribution in [0, 0.1) is 11.8 Å². The van der Waals surface area contributed by atoms with Gasteiger partial charge in [0.25, 0.3) is 0 Å². The third kappa shape index (κ3) is 2.09. The highest BCUT2D eigenvalue weighted by atomic mass is 16.2. The third-order valence-corrected chi connectivity index (χ3v) is 7.46. The molecule has 6 rings (SSSR count). The van der Waals surface area contributed by atoms with E-state index >= 15 is 0 Å². The van der Waals surface area contributed by atoms with Gasteiger partial charge in [-0.1, -0.05) is 48.5 Å². The van der Waals surface area contributed by atoms with E-state index in [9.17, 15) is 14.4 Å². The zero-order chi connectivity index (χ0) is 20.5. The number of likely N-dealkylation sites (tertiary alicyclic amines) is 1. The zero-order valence-corrected chi connectivity index (χ0v) is 16.6. The Morgan fingerprint density at radius 2 is 1.73 bits per heavy atom. The molecule has 6 heteroatoms. The number of carbonyl (C=O) groups is 3. The zero-order valence-electron chi connectivity index (χ0n) is 16.6. The van der Waals surface area contributed by atoms with E-state index in [1.54, 1.807) is 0 Å². The normalized spacial score (nSPS) is 31.9. The van der Waals surface area contributed by atoms with Gasteiger partial charge in [-0.15, -0.1) is 0 Å². The molecule has 6 nitrogen and oxygen atoms in total. The average molecular weight is 401 g/mol. The van der Waals surface area contributed by atoms with Gasteiger partial charge in [0.1, 0.15) is 5.54 Å². The number of hydrogen-bond acceptors (Lipinski definition) is 4. The van der Waals surface area contributed by atoms with Crippen molar-refractivity contribution < 1.29 is 14.4 Å². The van der Waals surface area contributed by atoms with Crippen LogP contribution in [0.15, 0.2) is 54.6 Å². The van der Waals surface area contributed by atoms with Crippen molar-refractivity contribution in [2.75, 3.05) is 18.4 Å². The van der Waals surface area contributed by atoms with Crippen molar-refractivity contribution in [2.24, 2.45) is 11.8 Å². The van der Waals surface area contributed by atoms with Crippen LogP contribution >= 0.6 is 0 Å². The fourth-order valence-electron chi connectivity index (χ4n) is 6.32. The molecule has 4 atom stereocenters. The first-order valence-electron chi connectivity index (χ1n) is 10.7. The summed E-state index contributed by atoms with van der Waals surface area (Å²) in [5.41, 5.74) is 1.64. The monoisotopic (exact) mass is 401 g/mol. The lowest BCUT2D eigenvalue weighted by atomic mass is 9.75. The quantitative estimate of drug-likeness (QED) is 0.801. The lowest BCUT2D eigenvalue weighted by Gasteiger charge is -2.36. The topological polar surface area (TPSA) is 69.7 Å². The highest BCUT2D eigenvalue weighted by molar-refractivity contribution is 6.15. The molecular weight excluding hydrogens is 378 g/mol. The number of nitrogens with zero attached hydrogens (tertiary/aromatic N) is 2.